The monoisotopic (exact) mass is 368 g/mol. The third kappa shape index (κ3) is 3.80. The molecule has 1 atom stereocenters. The van der Waals surface area contributed by atoms with E-state index in [1.54, 1.807) is 17.4 Å². The number of rotatable bonds is 5. The Morgan fingerprint density at radius 2 is 2.23 bits per heavy atom. The van der Waals surface area contributed by atoms with Crippen molar-refractivity contribution in [3.05, 3.63) is 52.2 Å². The lowest BCUT2D eigenvalue weighted by Crippen LogP contribution is -2.38. The van der Waals surface area contributed by atoms with E-state index in [0.29, 0.717) is 12.3 Å². The second kappa shape index (κ2) is 7.74. The van der Waals surface area contributed by atoms with Crippen molar-refractivity contribution in [2.75, 3.05) is 6.79 Å². The highest BCUT2D eigenvalue weighted by Crippen LogP contribution is 2.32. The summed E-state index contributed by atoms with van der Waals surface area (Å²) < 4.78 is 10.7. The molecule has 5 nitrogen and oxygen atoms in total. The molecule has 4 rings (SSSR count). The normalized spacial score (nSPS) is 18.4. The Labute approximate surface area is 156 Å². The lowest BCUT2D eigenvalue weighted by molar-refractivity contribution is -0.128. The molecule has 0 saturated carbocycles. The summed E-state index contributed by atoms with van der Waals surface area (Å²) in [6.45, 7) is 0.833. The van der Waals surface area contributed by atoms with E-state index in [1.165, 1.54) is 0 Å². The van der Waals surface area contributed by atoms with Crippen LogP contribution >= 0.6 is 11.3 Å². The largest absolute Gasteiger partial charge is 0.454 e. The topological polar surface area (TPSA) is 51.1 Å². The molecule has 134 valence electrons. The van der Waals surface area contributed by atoms with E-state index >= 15 is 0 Å². The maximum absolute atomic E-state index is 12.9. The molecule has 2 aromatic rings. The Balaban J connectivity index is 1.51. The number of fused-ring (bicyclic) bond motifs is 1. The molecule has 2 aliphatic heterocycles. The maximum atomic E-state index is 12.9. The average molecular weight is 368 g/mol. The van der Waals surface area contributed by atoms with Crippen LogP contribution in [0.1, 0.15) is 29.7 Å². The van der Waals surface area contributed by atoms with E-state index in [-0.39, 0.29) is 18.9 Å². The van der Waals surface area contributed by atoms with Gasteiger partial charge in [-0.3, -0.25) is 9.79 Å². The lowest BCUT2D eigenvalue weighted by Gasteiger charge is -2.29. The molecule has 6 heteroatoms. The molecule has 1 aromatic heterocycles. The van der Waals surface area contributed by atoms with Crippen LogP contribution in [0.3, 0.4) is 0 Å². The Hall–Kier alpha value is -2.60. The van der Waals surface area contributed by atoms with Gasteiger partial charge in [-0.15, -0.1) is 11.3 Å². The summed E-state index contributed by atoms with van der Waals surface area (Å²) >= 11 is 1.66. The minimum absolute atomic E-state index is 0.0277. The third-order valence-corrected chi connectivity index (χ3v) is 5.30. The summed E-state index contributed by atoms with van der Waals surface area (Å²) in [5.74, 6) is 1.43. The SMILES string of the molecule is O=C(/C=C/c1ccc2c(c1)OCO2)N(Cc1cccs1)C1CCCC=N1. The first kappa shape index (κ1) is 16.8. The van der Waals surface area contributed by atoms with Gasteiger partial charge >= 0.3 is 0 Å². The van der Waals surface area contributed by atoms with E-state index in [0.717, 1.165) is 35.5 Å². The van der Waals surface area contributed by atoms with Crippen LogP contribution in [0.5, 0.6) is 11.5 Å². The molecular weight excluding hydrogens is 348 g/mol. The molecule has 1 aromatic carbocycles. The summed E-state index contributed by atoms with van der Waals surface area (Å²) in [6.07, 6.45) is 8.25. The standard InChI is InChI=1S/C20H20N2O3S/c23-20(9-7-15-6-8-17-18(12-15)25-14-24-17)22(13-16-4-3-11-26-16)19-5-1-2-10-21-19/h3-4,6-12,19H,1-2,5,13-14H2/b9-7+. The summed E-state index contributed by atoms with van der Waals surface area (Å²) in [7, 11) is 0. The Morgan fingerprint density at radius 1 is 1.31 bits per heavy atom. The minimum Gasteiger partial charge on any atom is -0.454 e. The van der Waals surface area contributed by atoms with E-state index in [2.05, 4.69) is 11.1 Å². The number of aliphatic imine (C=N–C) groups is 1. The smallest absolute Gasteiger partial charge is 0.248 e. The van der Waals surface area contributed by atoms with Gasteiger partial charge in [0.25, 0.3) is 0 Å². The third-order valence-electron chi connectivity index (χ3n) is 4.44. The van der Waals surface area contributed by atoms with Crippen LogP contribution in [0.4, 0.5) is 0 Å². The van der Waals surface area contributed by atoms with Gasteiger partial charge in [-0.1, -0.05) is 12.1 Å². The summed E-state index contributed by atoms with van der Waals surface area (Å²) in [5, 5.41) is 2.03. The number of carbonyl (C=O) groups is 1. The van der Waals surface area contributed by atoms with Crippen molar-refractivity contribution < 1.29 is 14.3 Å². The molecular formula is C20H20N2O3S. The van der Waals surface area contributed by atoms with Crippen molar-refractivity contribution in [1.82, 2.24) is 4.90 Å². The average Bonchev–Trinajstić information content (AvgIpc) is 3.36. The molecule has 1 amide bonds. The fraction of sp³-hybridized carbons (Fsp3) is 0.300. The van der Waals surface area contributed by atoms with Crippen molar-refractivity contribution in [2.45, 2.75) is 32.0 Å². The van der Waals surface area contributed by atoms with Crippen LogP contribution in [0, 0.1) is 0 Å². The van der Waals surface area contributed by atoms with Gasteiger partial charge < -0.3 is 14.4 Å². The molecule has 0 fully saturated rings. The van der Waals surface area contributed by atoms with Gasteiger partial charge in [-0.2, -0.15) is 0 Å². The van der Waals surface area contributed by atoms with Crippen molar-refractivity contribution in [3.8, 4) is 11.5 Å². The maximum Gasteiger partial charge on any atom is 0.248 e. The molecule has 3 heterocycles. The lowest BCUT2D eigenvalue weighted by atomic mass is 10.1. The van der Waals surface area contributed by atoms with Gasteiger partial charge in [0.2, 0.25) is 12.7 Å². The second-order valence-electron chi connectivity index (χ2n) is 6.23. The van der Waals surface area contributed by atoms with Crippen LogP contribution in [0.2, 0.25) is 0 Å². The Kier molecular flexibility index (Phi) is 5.02. The van der Waals surface area contributed by atoms with Gasteiger partial charge in [0.05, 0.1) is 6.54 Å². The quantitative estimate of drug-likeness (QED) is 0.747. The predicted octanol–water partition coefficient (Wildman–Crippen LogP) is 4.10. The summed E-state index contributed by atoms with van der Waals surface area (Å²) in [6, 6.07) is 9.73. The van der Waals surface area contributed by atoms with E-state index in [9.17, 15) is 4.79 Å². The zero-order chi connectivity index (χ0) is 17.8. The number of hydrogen-bond acceptors (Lipinski definition) is 5. The fourth-order valence-corrected chi connectivity index (χ4v) is 3.78. The first-order valence-electron chi connectivity index (χ1n) is 8.72. The van der Waals surface area contributed by atoms with Crippen LogP contribution < -0.4 is 9.47 Å². The van der Waals surface area contributed by atoms with Crippen LogP contribution in [0.25, 0.3) is 6.08 Å². The summed E-state index contributed by atoms with van der Waals surface area (Å²) in [4.78, 5) is 20.5. The highest BCUT2D eigenvalue weighted by atomic mass is 32.1. The van der Waals surface area contributed by atoms with E-state index in [1.807, 2.05) is 46.8 Å². The minimum atomic E-state index is -0.0836. The van der Waals surface area contributed by atoms with E-state index < -0.39 is 0 Å². The number of thiophene rings is 1. The van der Waals surface area contributed by atoms with E-state index in [4.69, 9.17) is 9.47 Å². The number of ether oxygens (including phenoxy) is 2. The van der Waals surface area contributed by atoms with Crippen LogP contribution in [0.15, 0.2) is 46.8 Å². The highest BCUT2D eigenvalue weighted by molar-refractivity contribution is 7.09. The molecule has 0 saturated heterocycles. The molecule has 0 spiro atoms. The Morgan fingerprint density at radius 3 is 3.04 bits per heavy atom. The number of carbonyl (C=O) groups excluding carboxylic acids is 1. The second-order valence-corrected chi connectivity index (χ2v) is 7.27. The molecule has 0 aliphatic carbocycles. The molecule has 2 aliphatic rings. The van der Waals surface area contributed by atoms with Crippen LogP contribution in [-0.4, -0.2) is 30.0 Å². The number of benzene rings is 1. The first-order chi connectivity index (χ1) is 12.8. The molecule has 0 N–H and O–H groups in total. The van der Waals surface area contributed by atoms with Crippen molar-refractivity contribution in [2.24, 2.45) is 4.99 Å². The van der Waals surface area contributed by atoms with Gasteiger partial charge in [-0.25, -0.2) is 0 Å². The molecule has 0 radical (unpaired) electrons. The molecule has 1 unspecified atom stereocenters. The number of hydrogen-bond donors (Lipinski definition) is 0. The molecule has 0 bridgehead atoms. The van der Waals surface area contributed by atoms with Crippen molar-refractivity contribution >= 4 is 29.5 Å². The predicted molar refractivity (Wildman–Crippen MR) is 103 cm³/mol. The summed E-state index contributed by atoms with van der Waals surface area (Å²) in [5.41, 5.74) is 0.908. The van der Waals surface area contributed by atoms with Crippen molar-refractivity contribution in [3.63, 3.8) is 0 Å². The van der Waals surface area contributed by atoms with Gasteiger partial charge in [0.1, 0.15) is 6.17 Å². The van der Waals surface area contributed by atoms with Gasteiger partial charge in [0, 0.05) is 17.2 Å². The van der Waals surface area contributed by atoms with Gasteiger partial charge in [-0.05, 0) is 54.5 Å². The first-order valence-corrected chi connectivity index (χ1v) is 9.60. The van der Waals surface area contributed by atoms with Crippen LogP contribution in [-0.2, 0) is 11.3 Å². The Bertz CT molecular complexity index is 830. The van der Waals surface area contributed by atoms with Crippen molar-refractivity contribution in [1.29, 1.82) is 0 Å². The zero-order valence-corrected chi connectivity index (χ0v) is 15.2. The number of nitrogens with zero attached hydrogens (tertiary/aromatic N) is 2. The number of amides is 1. The van der Waals surface area contributed by atoms with Gasteiger partial charge in [0.15, 0.2) is 11.5 Å². The zero-order valence-electron chi connectivity index (χ0n) is 14.3. The fourth-order valence-electron chi connectivity index (χ4n) is 3.08. The highest BCUT2D eigenvalue weighted by Gasteiger charge is 2.23. The molecule has 26 heavy (non-hydrogen) atoms.